The summed E-state index contributed by atoms with van der Waals surface area (Å²) in [5.74, 6) is -0.176. The molecule has 6 heteroatoms. The number of hydrogen-bond acceptors (Lipinski definition) is 3. The minimum Gasteiger partial charge on any atom is -0.320 e. The molecule has 0 saturated heterocycles. The first-order valence-corrected chi connectivity index (χ1v) is 6.53. The maximum atomic E-state index is 11.9. The van der Waals surface area contributed by atoms with E-state index in [-0.39, 0.29) is 5.91 Å². The number of carbonyl (C=O) groups excluding carboxylic acids is 1. The lowest BCUT2D eigenvalue weighted by atomic mass is 10.2. The van der Waals surface area contributed by atoms with Gasteiger partial charge in [0.2, 0.25) is 5.91 Å². The van der Waals surface area contributed by atoms with Gasteiger partial charge in [-0.05, 0) is 26.8 Å². The van der Waals surface area contributed by atoms with Crippen LogP contribution in [-0.2, 0) is 18.4 Å². The molecule has 0 aliphatic rings. The van der Waals surface area contributed by atoms with Crippen LogP contribution < -0.4 is 5.32 Å². The minimum atomic E-state index is -0.176. The van der Waals surface area contributed by atoms with Crippen molar-refractivity contribution in [3.8, 4) is 0 Å². The Morgan fingerprint density at radius 2 is 2.05 bits per heavy atom. The van der Waals surface area contributed by atoms with Crippen LogP contribution in [0.2, 0.25) is 0 Å². The highest BCUT2D eigenvalue weighted by molar-refractivity contribution is 6.02. The Morgan fingerprint density at radius 3 is 2.60 bits per heavy atom. The highest BCUT2D eigenvalue weighted by atomic mass is 16.1. The van der Waals surface area contributed by atoms with Crippen molar-refractivity contribution in [2.75, 3.05) is 5.32 Å². The van der Waals surface area contributed by atoms with Crippen LogP contribution in [0.25, 0.3) is 6.08 Å². The Kier molecular flexibility index (Phi) is 4.02. The fraction of sp³-hybridized carbons (Fsp3) is 0.357. The molecule has 2 heterocycles. The monoisotopic (exact) mass is 273 g/mol. The van der Waals surface area contributed by atoms with E-state index in [0.29, 0.717) is 0 Å². The molecular weight excluding hydrogens is 254 g/mol. The molecular formula is C14H19N5O. The van der Waals surface area contributed by atoms with Gasteiger partial charge in [-0.25, -0.2) is 0 Å². The number of hydrogen-bond donors (Lipinski definition) is 1. The van der Waals surface area contributed by atoms with E-state index in [0.717, 1.165) is 29.2 Å². The van der Waals surface area contributed by atoms with Gasteiger partial charge in [0.05, 0.1) is 23.8 Å². The van der Waals surface area contributed by atoms with Crippen molar-refractivity contribution < 1.29 is 4.79 Å². The third-order valence-corrected chi connectivity index (χ3v) is 3.35. The molecule has 1 N–H and O–H groups in total. The molecule has 0 radical (unpaired) electrons. The highest BCUT2D eigenvalue weighted by Gasteiger charge is 2.06. The fourth-order valence-electron chi connectivity index (χ4n) is 1.90. The Bertz CT molecular complexity index is 651. The molecule has 0 saturated carbocycles. The molecule has 0 unspecified atom stereocenters. The van der Waals surface area contributed by atoms with E-state index in [4.69, 9.17) is 0 Å². The summed E-state index contributed by atoms with van der Waals surface area (Å²) < 4.78 is 3.61. The van der Waals surface area contributed by atoms with Crippen LogP contribution in [0.4, 0.5) is 5.69 Å². The summed E-state index contributed by atoms with van der Waals surface area (Å²) in [6.07, 6.45) is 6.69. The zero-order chi connectivity index (χ0) is 14.7. The summed E-state index contributed by atoms with van der Waals surface area (Å²) in [6.45, 7) is 6.74. The molecule has 0 spiro atoms. The van der Waals surface area contributed by atoms with Crippen LogP contribution in [0.5, 0.6) is 0 Å². The van der Waals surface area contributed by atoms with E-state index < -0.39 is 0 Å². The van der Waals surface area contributed by atoms with Gasteiger partial charge in [-0.2, -0.15) is 10.2 Å². The topological polar surface area (TPSA) is 64.7 Å². The van der Waals surface area contributed by atoms with Gasteiger partial charge in [0, 0.05) is 30.9 Å². The molecule has 0 aliphatic heterocycles. The number of amides is 1. The second-order valence-corrected chi connectivity index (χ2v) is 4.59. The molecule has 20 heavy (non-hydrogen) atoms. The first-order valence-electron chi connectivity index (χ1n) is 6.53. The normalized spacial score (nSPS) is 11.2. The van der Waals surface area contributed by atoms with E-state index in [1.807, 2.05) is 32.5 Å². The number of aryl methyl sites for hydroxylation is 2. The van der Waals surface area contributed by atoms with Crippen LogP contribution in [-0.4, -0.2) is 25.5 Å². The lowest BCUT2D eigenvalue weighted by Crippen LogP contribution is -2.08. The zero-order valence-corrected chi connectivity index (χ0v) is 12.2. The molecule has 6 nitrogen and oxygen atoms in total. The van der Waals surface area contributed by atoms with Crippen molar-refractivity contribution in [1.29, 1.82) is 0 Å². The summed E-state index contributed by atoms with van der Waals surface area (Å²) in [5, 5.41) is 11.1. The summed E-state index contributed by atoms with van der Waals surface area (Å²) in [6, 6.07) is 0. The Morgan fingerprint density at radius 1 is 1.30 bits per heavy atom. The second-order valence-electron chi connectivity index (χ2n) is 4.59. The number of anilines is 1. The number of aromatic nitrogens is 4. The van der Waals surface area contributed by atoms with Crippen molar-refractivity contribution in [2.45, 2.75) is 27.3 Å². The summed E-state index contributed by atoms with van der Waals surface area (Å²) >= 11 is 0. The Labute approximate surface area is 118 Å². The fourth-order valence-corrected chi connectivity index (χ4v) is 1.90. The predicted octanol–water partition coefficient (Wildman–Crippen LogP) is 1.91. The van der Waals surface area contributed by atoms with Crippen molar-refractivity contribution in [2.24, 2.45) is 7.05 Å². The van der Waals surface area contributed by atoms with Gasteiger partial charge in [-0.1, -0.05) is 0 Å². The first-order chi connectivity index (χ1) is 9.52. The van der Waals surface area contributed by atoms with Crippen molar-refractivity contribution >= 4 is 17.7 Å². The van der Waals surface area contributed by atoms with Crippen LogP contribution in [0.1, 0.15) is 23.9 Å². The SMILES string of the molecule is CCn1ncc(/C=C/C(=O)Nc2cnn(C)c2C)c1C. The summed E-state index contributed by atoms with van der Waals surface area (Å²) in [5.41, 5.74) is 3.64. The van der Waals surface area contributed by atoms with E-state index in [9.17, 15) is 4.79 Å². The number of nitrogens with zero attached hydrogens (tertiary/aromatic N) is 4. The number of nitrogens with one attached hydrogen (secondary N) is 1. The van der Waals surface area contributed by atoms with Gasteiger partial charge < -0.3 is 5.32 Å². The van der Waals surface area contributed by atoms with E-state index in [1.165, 1.54) is 6.08 Å². The first kappa shape index (κ1) is 14.0. The van der Waals surface area contributed by atoms with Crippen LogP contribution in [0.15, 0.2) is 18.5 Å². The smallest absolute Gasteiger partial charge is 0.248 e. The van der Waals surface area contributed by atoms with Crippen LogP contribution in [0.3, 0.4) is 0 Å². The molecule has 2 aromatic rings. The summed E-state index contributed by atoms with van der Waals surface area (Å²) in [4.78, 5) is 11.9. The molecule has 0 aliphatic carbocycles. The zero-order valence-electron chi connectivity index (χ0n) is 12.2. The lowest BCUT2D eigenvalue weighted by Gasteiger charge is -2.01. The molecule has 0 bridgehead atoms. The Hall–Kier alpha value is -2.37. The van der Waals surface area contributed by atoms with E-state index >= 15 is 0 Å². The molecule has 2 aromatic heterocycles. The van der Waals surface area contributed by atoms with Crippen molar-refractivity contribution in [1.82, 2.24) is 19.6 Å². The quantitative estimate of drug-likeness (QED) is 0.865. The number of carbonyl (C=O) groups is 1. The van der Waals surface area contributed by atoms with Gasteiger partial charge in [-0.15, -0.1) is 0 Å². The third kappa shape index (κ3) is 2.79. The van der Waals surface area contributed by atoms with E-state index in [2.05, 4.69) is 15.5 Å². The molecule has 2 rings (SSSR count). The lowest BCUT2D eigenvalue weighted by molar-refractivity contribution is -0.111. The van der Waals surface area contributed by atoms with Gasteiger partial charge in [-0.3, -0.25) is 14.2 Å². The van der Waals surface area contributed by atoms with Gasteiger partial charge in [0.1, 0.15) is 0 Å². The molecule has 0 atom stereocenters. The molecule has 0 aromatic carbocycles. The molecule has 1 amide bonds. The minimum absolute atomic E-state index is 0.176. The maximum Gasteiger partial charge on any atom is 0.248 e. The van der Waals surface area contributed by atoms with Gasteiger partial charge in [0.15, 0.2) is 0 Å². The summed E-state index contributed by atoms with van der Waals surface area (Å²) in [7, 11) is 1.84. The standard InChI is InChI=1S/C14H19N5O/c1-5-19-10(2)12(8-16-19)6-7-14(20)17-13-9-15-18(4)11(13)3/h6-9H,5H2,1-4H3,(H,17,20)/b7-6+. The van der Waals surface area contributed by atoms with Crippen LogP contribution >= 0.6 is 0 Å². The average molecular weight is 273 g/mol. The van der Waals surface area contributed by atoms with Crippen molar-refractivity contribution in [3.63, 3.8) is 0 Å². The highest BCUT2D eigenvalue weighted by Crippen LogP contribution is 2.13. The van der Waals surface area contributed by atoms with Gasteiger partial charge in [0.25, 0.3) is 0 Å². The molecule has 106 valence electrons. The molecule has 0 fully saturated rings. The second kappa shape index (κ2) is 5.73. The average Bonchev–Trinajstić information content (AvgIpc) is 2.94. The number of rotatable bonds is 4. The van der Waals surface area contributed by atoms with Gasteiger partial charge >= 0.3 is 0 Å². The van der Waals surface area contributed by atoms with E-state index in [1.54, 1.807) is 23.2 Å². The predicted molar refractivity (Wildman–Crippen MR) is 78.2 cm³/mol. The van der Waals surface area contributed by atoms with Crippen LogP contribution in [0, 0.1) is 13.8 Å². The third-order valence-electron chi connectivity index (χ3n) is 3.35. The Balaban J connectivity index is 2.06. The van der Waals surface area contributed by atoms with Crippen molar-refractivity contribution in [3.05, 3.63) is 35.4 Å². The maximum absolute atomic E-state index is 11.9. The largest absolute Gasteiger partial charge is 0.320 e.